The number of methoxy groups -OCH3 is 2. The van der Waals surface area contributed by atoms with Gasteiger partial charge in [0.15, 0.2) is 0 Å². The molecule has 0 amide bonds. The number of quaternary nitrogens is 1. The molecule has 0 unspecified atom stereocenters. The van der Waals surface area contributed by atoms with Gasteiger partial charge in [0, 0.05) is 38.8 Å². The van der Waals surface area contributed by atoms with E-state index in [4.69, 9.17) is 9.47 Å². The maximum Gasteiger partial charge on any atom is 0.416 e. The van der Waals surface area contributed by atoms with Crippen LogP contribution in [0, 0.1) is 5.41 Å². The highest BCUT2D eigenvalue weighted by Crippen LogP contribution is 2.56. The number of fused-ring (bicyclic) bond motifs is 3. The lowest BCUT2D eigenvalue weighted by Gasteiger charge is -2.49. The predicted molar refractivity (Wildman–Crippen MR) is 274 cm³/mol. The van der Waals surface area contributed by atoms with Gasteiger partial charge in [0.25, 0.3) is 0 Å². The summed E-state index contributed by atoms with van der Waals surface area (Å²) in [6.07, 6.45) is -18.6. The minimum Gasteiger partial charge on any atom is -0.496 e. The van der Waals surface area contributed by atoms with Crippen molar-refractivity contribution in [2.75, 3.05) is 21.3 Å². The van der Waals surface area contributed by atoms with Gasteiger partial charge in [-0.1, -0.05) is 109 Å². The molecule has 1 aliphatic heterocycles. The average molecular weight is 1070 g/mol. The Morgan fingerprint density at radius 2 is 0.763 bits per heavy atom. The third-order valence-electron chi connectivity index (χ3n) is 15.5. The molecule has 6 aromatic rings. The summed E-state index contributed by atoms with van der Waals surface area (Å²) in [7, 11) is 4.46. The Kier molecular flexibility index (Phi) is 15.5. The monoisotopic (exact) mass is 1070 g/mol. The first-order valence-electron chi connectivity index (χ1n) is 25.0. The lowest BCUT2D eigenvalue weighted by molar-refractivity contribution is -0.963. The number of benzene rings is 6. The van der Waals surface area contributed by atoms with Crippen molar-refractivity contribution >= 4 is 0 Å². The van der Waals surface area contributed by atoms with Crippen molar-refractivity contribution in [2.45, 2.75) is 136 Å². The van der Waals surface area contributed by atoms with Gasteiger partial charge in [-0.05, 0) is 125 Å². The number of nitrogens with zero attached hydrogens (tertiary/aromatic N) is 1. The molecule has 0 aromatic heterocycles. The molecule has 1 heterocycles. The molecule has 0 bridgehead atoms. The van der Waals surface area contributed by atoms with Crippen LogP contribution in [0.15, 0.2) is 109 Å². The van der Waals surface area contributed by atoms with Crippen LogP contribution < -0.4 is 9.47 Å². The Hall–Kier alpha value is -5.96. The summed E-state index contributed by atoms with van der Waals surface area (Å²) in [5.41, 5.74) is -5.80. The Morgan fingerprint density at radius 1 is 0.461 bits per heavy atom. The molecule has 15 heteroatoms. The molecule has 0 fully saturated rings. The highest BCUT2D eigenvalue weighted by Gasteiger charge is 2.48. The summed E-state index contributed by atoms with van der Waals surface area (Å²) in [5, 5.41) is 0. The molecular weight excluding hydrogens is 1010 g/mol. The van der Waals surface area contributed by atoms with Gasteiger partial charge >= 0.3 is 24.7 Å². The zero-order valence-corrected chi connectivity index (χ0v) is 44.5. The third kappa shape index (κ3) is 11.9. The van der Waals surface area contributed by atoms with Crippen LogP contribution in [0.5, 0.6) is 11.5 Å². The first kappa shape index (κ1) is 57.7. The van der Waals surface area contributed by atoms with Gasteiger partial charge in [0.05, 0.1) is 49.6 Å². The van der Waals surface area contributed by atoms with E-state index in [-0.39, 0.29) is 63.5 Å². The standard InChI is InChI=1S/C61H64F12NO2/c1-36(57(8,24-22-37-18-14-12-15-19-37)25-23-38-20-16-13-17-21-38)74(9)34-47-45(32-49(55(2,3)4)53(75-10)51(47)39-26-41(58(62,63)64)30-42(27-39)59(65,66)67)46-33-50(56(5,6)7)54(76-11)52(48(46)35-74)40-28-43(60(68,69)70)31-44(29-40)61(71,72)73/h12-21,26-33,36H,22-25,34-35H2,1-11H3/q+1/t36-/m0/s1. The second-order valence-electron chi connectivity index (χ2n) is 22.9. The molecule has 0 saturated heterocycles. The normalized spacial score (nSPS) is 14.9. The largest absolute Gasteiger partial charge is 0.496 e. The number of hydrogen-bond donors (Lipinski definition) is 0. The Labute approximate surface area is 437 Å². The number of alkyl halides is 12. The summed E-state index contributed by atoms with van der Waals surface area (Å²) >= 11 is 0. The highest BCUT2D eigenvalue weighted by atomic mass is 19.4. The van der Waals surface area contributed by atoms with Gasteiger partial charge < -0.3 is 14.0 Å². The Balaban J connectivity index is 1.71. The molecule has 0 N–H and O–H groups in total. The molecule has 1 aliphatic rings. The Bertz CT molecular complexity index is 2800. The predicted octanol–water partition coefficient (Wildman–Crippen LogP) is 18.5. The van der Waals surface area contributed by atoms with E-state index in [1.165, 1.54) is 14.2 Å². The van der Waals surface area contributed by atoms with Gasteiger partial charge in [-0.3, -0.25) is 0 Å². The fourth-order valence-electron chi connectivity index (χ4n) is 11.1. The molecule has 0 aliphatic carbocycles. The van der Waals surface area contributed by atoms with Crippen molar-refractivity contribution in [3.05, 3.63) is 165 Å². The first-order valence-corrected chi connectivity index (χ1v) is 25.0. The molecule has 0 radical (unpaired) electrons. The van der Waals surface area contributed by atoms with Gasteiger partial charge in [-0.25, -0.2) is 0 Å². The van der Waals surface area contributed by atoms with Gasteiger partial charge in [0.1, 0.15) is 24.6 Å². The van der Waals surface area contributed by atoms with Crippen LogP contribution in [-0.2, 0) is 61.5 Å². The molecule has 408 valence electrons. The maximum absolute atomic E-state index is 14.9. The number of ether oxygens (including phenoxy) is 2. The van der Waals surface area contributed by atoms with Crippen molar-refractivity contribution in [2.24, 2.45) is 5.41 Å². The number of aryl methyl sites for hydroxylation is 2. The highest BCUT2D eigenvalue weighted by molar-refractivity contribution is 5.91. The van der Waals surface area contributed by atoms with Gasteiger partial charge in [0.2, 0.25) is 0 Å². The first-order chi connectivity index (χ1) is 35.0. The topological polar surface area (TPSA) is 18.5 Å². The second-order valence-corrected chi connectivity index (χ2v) is 22.9. The zero-order chi connectivity index (χ0) is 56.4. The van der Waals surface area contributed by atoms with E-state index in [9.17, 15) is 52.7 Å². The minimum atomic E-state index is -5.24. The summed E-state index contributed by atoms with van der Waals surface area (Å²) < 4.78 is 191. The molecule has 6 aromatic carbocycles. The van der Waals surface area contributed by atoms with E-state index in [2.05, 4.69) is 6.92 Å². The van der Waals surface area contributed by atoms with Crippen LogP contribution in [-0.4, -0.2) is 31.8 Å². The summed E-state index contributed by atoms with van der Waals surface area (Å²) in [4.78, 5) is 0. The van der Waals surface area contributed by atoms with Gasteiger partial charge in [-0.2, -0.15) is 52.7 Å². The van der Waals surface area contributed by atoms with Crippen molar-refractivity contribution in [1.29, 1.82) is 0 Å². The van der Waals surface area contributed by atoms with Crippen molar-refractivity contribution in [3.63, 3.8) is 0 Å². The second kappa shape index (κ2) is 20.4. The van der Waals surface area contributed by atoms with E-state index in [1.54, 1.807) is 53.7 Å². The molecule has 1 atom stereocenters. The van der Waals surface area contributed by atoms with Gasteiger partial charge in [-0.15, -0.1) is 0 Å². The fraction of sp³-hybridized carbons (Fsp3) is 0.410. The summed E-state index contributed by atoms with van der Waals surface area (Å²) in [6, 6.07) is 25.3. The molecule has 3 nitrogen and oxygen atoms in total. The van der Waals surface area contributed by atoms with Crippen LogP contribution in [0.25, 0.3) is 33.4 Å². The van der Waals surface area contributed by atoms with Crippen LogP contribution in [0.4, 0.5) is 52.7 Å². The maximum atomic E-state index is 14.9. The van der Waals surface area contributed by atoms with E-state index in [1.807, 2.05) is 74.6 Å². The number of halogens is 12. The zero-order valence-electron chi connectivity index (χ0n) is 44.5. The van der Waals surface area contributed by atoms with E-state index in [0.717, 1.165) is 11.1 Å². The van der Waals surface area contributed by atoms with E-state index >= 15 is 0 Å². The lowest BCUT2D eigenvalue weighted by atomic mass is 9.72. The molecular formula is C61H64F12NO2+. The van der Waals surface area contributed by atoms with Crippen molar-refractivity contribution < 1.29 is 66.6 Å². The van der Waals surface area contributed by atoms with Crippen molar-refractivity contribution in [3.8, 4) is 44.9 Å². The van der Waals surface area contributed by atoms with Crippen LogP contribution >= 0.6 is 0 Å². The SMILES string of the molecule is COc1c(C(C)(C)C)cc2c(c1-c1cc(C(F)(F)F)cc(C(F)(F)F)c1)C[N+](C)([C@@H](C)C(C)(CCc1ccccc1)CCc1ccccc1)Cc1c-2cc(C(C)(C)C)c(OC)c1-c1cc(C(F)(F)F)cc(C(F)(F)F)c1. The molecule has 0 saturated carbocycles. The fourth-order valence-corrected chi connectivity index (χ4v) is 11.1. The minimum absolute atomic E-state index is 0.00902. The molecule has 0 spiro atoms. The molecule has 76 heavy (non-hydrogen) atoms. The lowest BCUT2D eigenvalue weighted by Crippen LogP contribution is -2.56. The average Bonchev–Trinajstić information content (AvgIpc) is 3.45. The number of rotatable bonds is 12. The van der Waals surface area contributed by atoms with E-state index < -0.39 is 80.4 Å². The molecule has 7 rings (SSSR count). The number of hydrogen-bond acceptors (Lipinski definition) is 2. The third-order valence-corrected chi connectivity index (χ3v) is 15.5. The van der Waals surface area contributed by atoms with Crippen LogP contribution in [0.2, 0.25) is 0 Å². The van der Waals surface area contributed by atoms with E-state index in [0.29, 0.717) is 72.2 Å². The Morgan fingerprint density at radius 3 is 1.03 bits per heavy atom. The summed E-state index contributed by atoms with van der Waals surface area (Å²) in [5.74, 6) is 0.0180. The van der Waals surface area contributed by atoms with Crippen molar-refractivity contribution in [1.82, 2.24) is 0 Å². The van der Waals surface area contributed by atoms with Crippen LogP contribution in [0.3, 0.4) is 0 Å². The summed E-state index contributed by atoms with van der Waals surface area (Å²) in [6.45, 7) is 14.7. The smallest absolute Gasteiger partial charge is 0.416 e. The quantitative estimate of drug-likeness (QED) is 0.0898. The van der Waals surface area contributed by atoms with Crippen LogP contribution in [0.1, 0.15) is 124 Å².